The molecule has 1 atom stereocenters. The first-order valence-corrected chi connectivity index (χ1v) is 9.13. The van der Waals surface area contributed by atoms with E-state index in [4.69, 9.17) is 9.47 Å². The lowest BCUT2D eigenvalue weighted by Crippen LogP contribution is -2.54. The Morgan fingerprint density at radius 1 is 1.24 bits per heavy atom. The maximum absolute atomic E-state index is 9.29. The van der Waals surface area contributed by atoms with Gasteiger partial charge < -0.3 is 9.47 Å². The number of nitriles is 1. The van der Waals surface area contributed by atoms with Crippen molar-refractivity contribution in [2.24, 2.45) is 0 Å². The summed E-state index contributed by atoms with van der Waals surface area (Å²) in [5.41, 5.74) is 3.17. The van der Waals surface area contributed by atoms with Crippen LogP contribution < -0.4 is 4.74 Å². The van der Waals surface area contributed by atoms with Gasteiger partial charge in [-0.3, -0.25) is 9.80 Å². The smallest absolute Gasteiger partial charge is 0.140 e. The summed E-state index contributed by atoms with van der Waals surface area (Å²) in [7, 11) is 1.65. The number of hydrogen-bond acceptors (Lipinski definition) is 5. The average Bonchev–Trinajstić information content (AvgIpc) is 2.60. The van der Waals surface area contributed by atoms with Gasteiger partial charge in [-0.15, -0.1) is 0 Å². The second-order valence-electron chi connectivity index (χ2n) is 7.89. The molecule has 1 aromatic carbocycles. The fourth-order valence-corrected chi connectivity index (χ4v) is 3.90. The molecule has 1 saturated heterocycles. The SMILES string of the molecule is COc1c(C#N)ccc2c1CCOC2CN1CCN(C(C)(C)C)CC1. The van der Waals surface area contributed by atoms with Gasteiger partial charge in [-0.25, -0.2) is 0 Å². The first-order valence-electron chi connectivity index (χ1n) is 9.13. The first kappa shape index (κ1) is 18.2. The van der Waals surface area contributed by atoms with Crippen molar-refractivity contribution in [3.05, 3.63) is 28.8 Å². The predicted molar refractivity (Wildman–Crippen MR) is 97.9 cm³/mol. The molecule has 136 valence electrons. The third-order valence-electron chi connectivity index (χ3n) is 5.38. The maximum atomic E-state index is 9.29. The number of fused-ring (bicyclic) bond motifs is 1. The molecule has 0 N–H and O–H groups in total. The second kappa shape index (κ2) is 7.33. The van der Waals surface area contributed by atoms with E-state index in [1.165, 1.54) is 5.56 Å². The van der Waals surface area contributed by atoms with Crippen LogP contribution in [0.25, 0.3) is 0 Å². The zero-order chi connectivity index (χ0) is 18.0. The molecule has 2 aliphatic heterocycles. The molecule has 3 rings (SSSR count). The highest BCUT2D eigenvalue weighted by Gasteiger charge is 2.30. The van der Waals surface area contributed by atoms with Crippen LogP contribution in [0.2, 0.25) is 0 Å². The molecule has 1 fully saturated rings. The summed E-state index contributed by atoms with van der Waals surface area (Å²) < 4.78 is 11.6. The fourth-order valence-electron chi connectivity index (χ4n) is 3.90. The number of hydrogen-bond donors (Lipinski definition) is 0. The third kappa shape index (κ3) is 3.82. The standard InChI is InChI=1S/C20H29N3O2/c1-20(2,3)23-10-8-22(9-11-23)14-18-16-6-5-15(13-21)19(24-4)17(16)7-12-25-18/h5-6,18H,7-12,14H2,1-4H3. The van der Waals surface area contributed by atoms with Crippen molar-refractivity contribution in [2.75, 3.05) is 46.4 Å². The van der Waals surface area contributed by atoms with Gasteiger partial charge in [-0.1, -0.05) is 6.07 Å². The van der Waals surface area contributed by atoms with Crippen molar-refractivity contribution >= 4 is 0 Å². The van der Waals surface area contributed by atoms with Gasteiger partial charge >= 0.3 is 0 Å². The Labute approximate surface area is 151 Å². The zero-order valence-corrected chi connectivity index (χ0v) is 15.8. The van der Waals surface area contributed by atoms with Crippen LogP contribution in [0.4, 0.5) is 0 Å². The number of ether oxygens (including phenoxy) is 2. The molecule has 1 unspecified atom stereocenters. The van der Waals surface area contributed by atoms with Crippen LogP contribution in [0.5, 0.6) is 5.75 Å². The van der Waals surface area contributed by atoms with Crippen molar-refractivity contribution in [2.45, 2.75) is 38.8 Å². The van der Waals surface area contributed by atoms with Crippen LogP contribution >= 0.6 is 0 Å². The highest BCUT2D eigenvalue weighted by molar-refractivity contribution is 5.53. The van der Waals surface area contributed by atoms with E-state index in [0.717, 1.165) is 50.5 Å². The van der Waals surface area contributed by atoms with Gasteiger partial charge in [0.15, 0.2) is 0 Å². The molecule has 5 nitrogen and oxygen atoms in total. The Kier molecular flexibility index (Phi) is 5.33. The van der Waals surface area contributed by atoms with Crippen LogP contribution in [0, 0.1) is 11.3 Å². The largest absolute Gasteiger partial charge is 0.495 e. The van der Waals surface area contributed by atoms with Crippen LogP contribution in [0.1, 0.15) is 43.6 Å². The summed E-state index contributed by atoms with van der Waals surface area (Å²) >= 11 is 0. The van der Waals surface area contributed by atoms with Gasteiger partial charge in [0.1, 0.15) is 11.8 Å². The van der Waals surface area contributed by atoms with Crippen molar-refractivity contribution in [1.29, 1.82) is 5.26 Å². The minimum atomic E-state index is 0.0616. The van der Waals surface area contributed by atoms with Crippen LogP contribution in [0.3, 0.4) is 0 Å². The number of nitrogens with zero attached hydrogens (tertiary/aromatic N) is 3. The monoisotopic (exact) mass is 343 g/mol. The molecule has 0 saturated carbocycles. The predicted octanol–water partition coefficient (Wildman–Crippen LogP) is 2.60. The normalized spacial score (nSPS) is 22.3. The van der Waals surface area contributed by atoms with Gasteiger partial charge in [-0.05, 0) is 38.8 Å². The van der Waals surface area contributed by atoms with Crippen molar-refractivity contribution in [3.63, 3.8) is 0 Å². The van der Waals surface area contributed by atoms with E-state index in [2.05, 4.69) is 36.6 Å². The van der Waals surface area contributed by atoms with Crippen LogP contribution in [0.15, 0.2) is 12.1 Å². The second-order valence-corrected chi connectivity index (χ2v) is 7.89. The molecule has 0 amide bonds. The van der Waals surface area contributed by atoms with Crippen molar-refractivity contribution in [3.8, 4) is 11.8 Å². The van der Waals surface area contributed by atoms with Gasteiger partial charge in [0.05, 0.1) is 25.4 Å². The van der Waals surface area contributed by atoms with Gasteiger partial charge in [0, 0.05) is 43.8 Å². The van der Waals surface area contributed by atoms with Crippen LogP contribution in [-0.4, -0.2) is 61.8 Å². The van der Waals surface area contributed by atoms with E-state index in [0.29, 0.717) is 12.2 Å². The van der Waals surface area contributed by atoms with Gasteiger partial charge in [-0.2, -0.15) is 5.26 Å². The summed E-state index contributed by atoms with van der Waals surface area (Å²) in [5, 5.41) is 9.29. The first-order chi connectivity index (χ1) is 11.9. The number of methoxy groups -OCH3 is 1. The number of piperazine rings is 1. The fraction of sp³-hybridized carbons (Fsp3) is 0.650. The zero-order valence-electron chi connectivity index (χ0n) is 15.8. The van der Waals surface area contributed by atoms with E-state index >= 15 is 0 Å². The van der Waals surface area contributed by atoms with E-state index in [1.807, 2.05) is 12.1 Å². The summed E-state index contributed by atoms with van der Waals surface area (Å²) in [5.74, 6) is 0.728. The summed E-state index contributed by atoms with van der Waals surface area (Å²) in [4.78, 5) is 5.04. The average molecular weight is 343 g/mol. The molecule has 1 aromatic rings. The third-order valence-corrected chi connectivity index (χ3v) is 5.38. The molecule has 0 radical (unpaired) electrons. The molecule has 0 aliphatic carbocycles. The highest BCUT2D eigenvalue weighted by Crippen LogP contribution is 2.36. The molecule has 0 spiro atoms. The van der Waals surface area contributed by atoms with Crippen molar-refractivity contribution in [1.82, 2.24) is 9.80 Å². The minimum Gasteiger partial charge on any atom is -0.495 e. The Bertz CT molecular complexity index is 652. The lowest BCUT2D eigenvalue weighted by Gasteiger charge is -2.43. The Hall–Kier alpha value is -1.61. The van der Waals surface area contributed by atoms with E-state index in [-0.39, 0.29) is 11.6 Å². The molecule has 2 aliphatic rings. The quantitative estimate of drug-likeness (QED) is 0.844. The number of rotatable bonds is 3. The summed E-state index contributed by atoms with van der Waals surface area (Å²) in [6.07, 6.45) is 0.870. The Morgan fingerprint density at radius 3 is 2.56 bits per heavy atom. The van der Waals surface area contributed by atoms with Crippen molar-refractivity contribution < 1.29 is 9.47 Å². The Balaban J connectivity index is 1.72. The summed E-state index contributed by atoms with van der Waals surface area (Å²) in [6.45, 7) is 12.8. The molecular formula is C20H29N3O2. The molecule has 0 aromatic heterocycles. The Morgan fingerprint density at radius 2 is 1.96 bits per heavy atom. The molecule has 2 heterocycles. The molecule has 5 heteroatoms. The molecule has 25 heavy (non-hydrogen) atoms. The lowest BCUT2D eigenvalue weighted by molar-refractivity contribution is -0.00615. The van der Waals surface area contributed by atoms with E-state index < -0.39 is 0 Å². The summed E-state index contributed by atoms with van der Waals surface area (Å²) in [6, 6.07) is 6.14. The topological polar surface area (TPSA) is 48.7 Å². The lowest BCUT2D eigenvalue weighted by atomic mass is 9.93. The minimum absolute atomic E-state index is 0.0616. The molecular weight excluding hydrogens is 314 g/mol. The highest BCUT2D eigenvalue weighted by atomic mass is 16.5. The van der Waals surface area contributed by atoms with E-state index in [1.54, 1.807) is 7.11 Å². The van der Waals surface area contributed by atoms with Gasteiger partial charge in [0.25, 0.3) is 0 Å². The maximum Gasteiger partial charge on any atom is 0.140 e. The van der Waals surface area contributed by atoms with Crippen LogP contribution in [-0.2, 0) is 11.2 Å². The molecule has 0 bridgehead atoms. The van der Waals surface area contributed by atoms with Gasteiger partial charge in [0.2, 0.25) is 0 Å². The number of benzene rings is 1. The van der Waals surface area contributed by atoms with E-state index in [9.17, 15) is 5.26 Å².